The second kappa shape index (κ2) is 6.23. The van der Waals surface area contributed by atoms with Crippen molar-refractivity contribution in [3.8, 4) is 11.5 Å². The molecule has 3 rings (SSSR count). The van der Waals surface area contributed by atoms with Gasteiger partial charge in [-0.2, -0.15) is 0 Å². The Morgan fingerprint density at radius 2 is 1.48 bits per heavy atom. The van der Waals surface area contributed by atoms with E-state index >= 15 is 0 Å². The van der Waals surface area contributed by atoms with E-state index in [0.717, 1.165) is 11.5 Å². The van der Waals surface area contributed by atoms with Crippen molar-refractivity contribution in [1.82, 2.24) is 0 Å². The lowest BCUT2D eigenvalue weighted by atomic mass is 9.82. The Hall–Kier alpha value is -1.28. The molecule has 1 atom stereocenters. The lowest BCUT2D eigenvalue weighted by molar-refractivity contribution is 0.331. The molecule has 1 aliphatic carbocycles. The van der Waals surface area contributed by atoms with Crippen LogP contribution in [0.4, 0.5) is 0 Å². The summed E-state index contributed by atoms with van der Waals surface area (Å²) in [5, 5.41) is 0. The van der Waals surface area contributed by atoms with E-state index in [2.05, 4.69) is 47.1 Å². The third kappa shape index (κ3) is 3.32. The second-order valence-corrected chi connectivity index (χ2v) is 7.12. The number of para-hydroxylation sites is 1. The molecule has 2 heteroatoms. The van der Waals surface area contributed by atoms with Crippen LogP contribution in [0.25, 0.3) is 0 Å². The highest BCUT2D eigenvalue weighted by atomic mass is 79.9. The van der Waals surface area contributed by atoms with Crippen LogP contribution < -0.4 is 4.74 Å². The molecule has 1 fully saturated rings. The van der Waals surface area contributed by atoms with Gasteiger partial charge in [0.1, 0.15) is 11.5 Å². The van der Waals surface area contributed by atoms with Gasteiger partial charge >= 0.3 is 0 Å². The van der Waals surface area contributed by atoms with E-state index in [-0.39, 0.29) is 0 Å². The van der Waals surface area contributed by atoms with Gasteiger partial charge in [0.15, 0.2) is 0 Å². The van der Waals surface area contributed by atoms with E-state index in [9.17, 15) is 0 Å². The molecular formula is C19H21BrO. The molecule has 1 aliphatic rings. The lowest BCUT2D eigenvalue weighted by Crippen LogP contribution is -2.17. The van der Waals surface area contributed by atoms with Crippen LogP contribution in [0.15, 0.2) is 54.6 Å². The van der Waals surface area contributed by atoms with Gasteiger partial charge in [0.25, 0.3) is 0 Å². The van der Waals surface area contributed by atoms with Gasteiger partial charge < -0.3 is 4.74 Å². The summed E-state index contributed by atoms with van der Waals surface area (Å²) >= 11 is 3.92. The fraction of sp³-hybridized carbons (Fsp3) is 0.368. The van der Waals surface area contributed by atoms with Gasteiger partial charge in [0.05, 0.1) is 0 Å². The number of ether oxygens (including phenoxy) is 1. The fourth-order valence-corrected chi connectivity index (χ4v) is 3.93. The minimum Gasteiger partial charge on any atom is -0.457 e. The summed E-state index contributed by atoms with van der Waals surface area (Å²) in [6.45, 7) is 2.40. The van der Waals surface area contributed by atoms with E-state index in [1.54, 1.807) is 0 Å². The third-order valence-electron chi connectivity index (χ3n) is 4.51. The standard InChI is InChI=1S/C19H21BrO/c1-19(13-5-6-14-19)18(20)15-9-11-17(12-10-15)21-16-7-3-2-4-8-16/h2-4,7-12,18H,5-6,13-14H2,1H3. The quantitative estimate of drug-likeness (QED) is 0.575. The summed E-state index contributed by atoms with van der Waals surface area (Å²) in [6, 6.07) is 18.4. The SMILES string of the molecule is CC1(C(Br)c2ccc(Oc3ccccc3)cc2)CCCC1. The molecule has 1 saturated carbocycles. The summed E-state index contributed by atoms with van der Waals surface area (Å²) in [7, 11) is 0. The predicted octanol–water partition coefficient (Wildman–Crippen LogP) is 6.50. The Labute approximate surface area is 135 Å². The Balaban J connectivity index is 1.72. The molecule has 0 radical (unpaired) electrons. The van der Waals surface area contributed by atoms with Crippen molar-refractivity contribution in [1.29, 1.82) is 0 Å². The predicted molar refractivity (Wildman–Crippen MR) is 91.2 cm³/mol. The Morgan fingerprint density at radius 1 is 0.905 bits per heavy atom. The molecular weight excluding hydrogens is 324 g/mol. The van der Waals surface area contributed by atoms with Crippen LogP contribution in [0, 0.1) is 5.41 Å². The van der Waals surface area contributed by atoms with E-state index in [1.165, 1.54) is 31.2 Å². The molecule has 0 aromatic heterocycles. The summed E-state index contributed by atoms with van der Waals surface area (Å²) in [6.07, 6.45) is 5.33. The zero-order valence-electron chi connectivity index (χ0n) is 12.4. The van der Waals surface area contributed by atoms with Crippen molar-refractivity contribution in [2.45, 2.75) is 37.4 Å². The normalized spacial score (nSPS) is 18.4. The van der Waals surface area contributed by atoms with E-state index in [4.69, 9.17) is 4.74 Å². The Kier molecular flexibility index (Phi) is 4.34. The first kappa shape index (κ1) is 14.6. The van der Waals surface area contributed by atoms with E-state index < -0.39 is 0 Å². The monoisotopic (exact) mass is 344 g/mol. The molecule has 110 valence electrons. The molecule has 1 nitrogen and oxygen atoms in total. The molecule has 2 aromatic rings. The summed E-state index contributed by atoms with van der Waals surface area (Å²) < 4.78 is 5.85. The average Bonchev–Trinajstić information content (AvgIpc) is 2.96. The van der Waals surface area contributed by atoms with Crippen molar-refractivity contribution in [2.24, 2.45) is 5.41 Å². The van der Waals surface area contributed by atoms with Crippen molar-refractivity contribution < 1.29 is 4.74 Å². The van der Waals surface area contributed by atoms with Crippen LogP contribution in [0.5, 0.6) is 11.5 Å². The largest absolute Gasteiger partial charge is 0.457 e. The van der Waals surface area contributed by atoms with Gasteiger partial charge in [-0.25, -0.2) is 0 Å². The molecule has 1 unspecified atom stereocenters. The zero-order chi connectivity index (χ0) is 14.7. The van der Waals surface area contributed by atoms with Gasteiger partial charge in [-0.1, -0.05) is 66.0 Å². The number of hydrogen-bond donors (Lipinski definition) is 0. The second-order valence-electron chi connectivity index (χ2n) is 6.21. The molecule has 21 heavy (non-hydrogen) atoms. The highest BCUT2D eigenvalue weighted by molar-refractivity contribution is 9.09. The molecule has 0 heterocycles. The van der Waals surface area contributed by atoms with Gasteiger partial charge in [0, 0.05) is 4.83 Å². The molecule has 0 amide bonds. The summed E-state index contributed by atoms with van der Waals surface area (Å²) in [5.41, 5.74) is 1.74. The topological polar surface area (TPSA) is 9.23 Å². The number of halogens is 1. The number of benzene rings is 2. The highest BCUT2D eigenvalue weighted by Gasteiger charge is 2.36. The van der Waals surface area contributed by atoms with Crippen molar-refractivity contribution >= 4 is 15.9 Å². The molecule has 2 aromatic carbocycles. The van der Waals surface area contributed by atoms with Gasteiger partial charge in [-0.05, 0) is 48.1 Å². The molecule has 0 spiro atoms. The number of hydrogen-bond acceptors (Lipinski definition) is 1. The van der Waals surface area contributed by atoms with Crippen LogP contribution >= 0.6 is 15.9 Å². The van der Waals surface area contributed by atoms with Crippen LogP contribution in [-0.2, 0) is 0 Å². The van der Waals surface area contributed by atoms with Crippen LogP contribution in [0.3, 0.4) is 0 Å². The first-order valence-corrected chi connectivity index (χ1v) is 8.56. The zero-order valence-corrected chi connectivity index (χ0v) is 14.0. The molecule has 0 N–H and O–H groups in total. The molecule has 0 aliphatic heterocycles. The maximum atomic E-state index is 5.85. The first-order chi connectivity index (χ1) is 10.2. The van der Waals surface area contributed by atoms with Crippen molar-refractivity contribution in [3.63, 3.8) is 0 Å². The minimum absolute atomic E-state index is 0.391. The number of alkyl halides is 1. The van der Waals surface area contributed by atoms with Crippen molar-refractivity contribution in [3.05, 3.63) is 60.2 Å². The average molecular weight is 345 g/mol. The Morgan fingerprint density at radius 3 is 2.10 bits per heavy atom. The third-order valence-corrected chi connectivity index (χ3v) is 6.14. The smallest absolute Gasteiger partial charge is 0.127 e. The van der Waals surface area contributed by atoms with Gasteiger partial charge in [-0.3, -0.25) is 0 Å². The highest BCUT2D eigenvalue weighted by Crippen LogP contribution is 2.51. The van der Waals surface area contributed by atoms with E-state index in [1.807, 2.05) is 30.3 Å². The van der Waals surface area contributed by atoms with Crippen LogP contribution in [0.2, 0.25) is 0 Å². The summed E-state index contributed by atoms with van der Waals surface area (Å²) in [5.74, 6) is 1.77. The maximum Gasteiger partial charge on any atom is 0.127 e. The molecule has 0 bridgehead atoms. The fourth-order valence-electron chi connectivity index (χ4n) is 3.17. The van der Waals surface area contributed by atoms with Crippen LogP contribution in [-0.4, -0.2) is 0 Å². The Bertz CT molecular complexity index is 570. The maximum absolute atomic E-state index is 5.85. The lowest BCUT2D eigenvalue weighted by Gasteiger charge is -2.30. The van der Waals surface area contributed by atoms with E-state index in [0.29, 0.717) is 10.2 Å². The molecule has 0 saturated heterocycles. The van der Waals surface area contributed by atoms with Gasteiger partial charge in [-0.15, -0.1) is 0 Å². The van der Waals surface area contributed by atoms with Crippen molar-refractivity contribution in [2.75, 3.05) is 0 Å². The van der Waals surface area contributed by atoms with Gasteiger partial charge in [0.2, 0.25) is 0 Å². The minimum atomic E-state index is 0.391. The van der Waals surface area contributed by atoms with Crippen LogP contribution in [0.1, 0.15) is 43.0 Å². The first-order valence-electron chi connectivity index (χ1n) is 7.64. The summed E-state index contributed by atoms with van der Waals surface area (Å²) in [4.78, 5) is 0.429. The number of rotatable bonds is 4.